The van der Waals surface area contributed by atoms with Gasteiger partial charge < -0.3 is 4.74 Å². The fourth-order valence-corrected chi connectivity index (χ4v) is 4.37. The highest BCUT2D eigenvalue weighted by Crippen LogP contribution is 2.37. The van der Waals surface area contributed by atoms with Crippen molar-refractivity contribution < 1.29 is 27.5 Å². The van der Waals surface area contributed by atoms with E-state index in [2.05, 4.69) is 17.2 Å². The summed E-state index contributed by atoms with van der Waals surface area (Å²) in [5.74, 6) is -1.91. The lowest BCUT2D eigenvalue weighted by molar-refractivity contribution is -0.0882. The normalized spacial score (nSPS) is 11.4. The van der Waals surface area contributed by atoms with E-state index in [4.69, 9.17) is 4.74 Å². The van der Waals surface area contributed by atoms with Gasteiger partial charge in [0.05, 0.1) is 11.5 Å². The molecule has 10 heteroatoms. The average molecular weight is 469 g/mol. The fraction of sp³-hybridized carbons (Fsp3) is 0.286. The molecule has 0 unspecified atom stereocenters. The van der Waals surface area contributed by atoms with Gasteiger partial charge in [-0.3, -0.25) is 14.9 Å². The number of amides is 1. The highest BCUT2D eigenvalue weighted by molar-refractivity contribution is 7.19. The van der Waals surface area contributed by atoms with Crippen molar-refractivity contribution in [1.29, 1.82) is 0 Å². The van der Waals surface area contributed by atoms with Crippen molar-refractivity contribution in [3.05, 3.63) is 52.2 Å². The Balaban J connectivity index is 1.75. The average Bonchev–Trinajstić information content (AvgIpc) is 3.40. The van der Waals surface area contributed by atoms with Gasteiger partial charge in [-0.25, -0.2) is 4.98 Å². The van der Waals surface area contributed by atoms with Crippen molar-refractivity contribution in [3.8, 4) is 16.3 Å². The van der Waals surface area contributed by atoms with Gasteiger partial charge in [0.2, 0.25) is 0 Å². The van der Waals surface area contributed by atoms with Crippen LogP contribution in [0.4, 0.5) is 18.3 Å². The summed E-state index contributed by atoms with van der Waals surface area (Å²) >= 11 is 1.66. The molecule has 31 heavy (non-hydrogen) atoms. The van der Waals surface area contributed by atoms with Gasteiger partial charge in [0, 0.05) is 5.56 Å². The van der Waals surface area contributed by atoms with Gasteiger partial charge in [-0.15, -0.1) is 11.3 Å². The van der Waals surface area contributed by atoms with Crippen LogP contribution in [0, 0.1) is 0 Å². The van der Waals surface area contributed by atoms with E-state index in [9.17, 15) is 22.8 Å². The van der Waals surface area contributed by atoms with E-state index in [1.165, 1.54) is 0 Å². The molecule has 2 aromatic heterocycles. The predicted octanol–water partition coefficient (Wildman–Crippen LogP) is 6.44. The number of alkyl halides is 3. The number of aromatic nitrogens is 1. The molecule has 1 amide bonds. The van der Waals surface area contributed by atoms with Crippen molar-refractivity contribution in [2.24, 2.45) is 0 Å². The molecular weight excluding hydrogens is 449 g/mol. The Morgan fingerprint density at radius 1 is 1.13 bits per heavy atom. The second kappa shape index (κ2) is 10.1. The number of nitrogens with zero attached hydrogens (tertiary/aromatic N) is 1. The molecule has 0 saturated heterocycles. The molecule has 3 rings (SSSR count). The van der Waals surface area contributed by atoms with Crippen LogP contribution in [0.3, 0.4) is 0 Å². The molecule has 164 valence electrons. The van der Waals surface area contributed by atoms with Crippen LogP contribution >= 0.6 is 22.7 Å². The van der Waals surface area contributed by atoms with Crippen molar-refractivity contribution >= 4 is 39.5 Å². The summed E-state index contributed by atoms with van der Waals surface area (Å²) in [6.07, 6.45) is -1.94. The Labute approximate surface area is 184 Å². The molecule has 1 aromatic carbocycles. The first-order valence-corrected chi connectivity index (χ1v) is 11.2. The number of unbranched alkanes of at least 4 members (excludes halogenated alkanes) is 2. The summed E-state index contributed by atoms with van der Waals surface area (Å²) in [7, 11) is 0. The van der Waals surface area contributed by atoms with Gasteiger partial charge >= 0.3 is 6.18 Å². The number of rotatable bonds is 9. The van der Waals surface area contributed by atoms with Gasteiger partial charge in [-0.1, -0.05) is 37.2 Å². The molecule has 0 aliphatic heterocycles. The van der Waals surface area contributed by atoms with Crippen molar-refractivity contribution in [2.75, 3.05) is 11.9 Å². The summed E-state index contributed by atoms with van der Waals surface area (Å²) in [5, 5.41) is 4.06. The van der Waals surface area contributed by atoms with Gasteiger partial charge in [0.25, 0.3) is 11.7 Å². The summed E-state index contributed by atoms with van der Waals surface area (Å²) in [6.45, 7) is 2.68. The maximum absolute atomic E-state index is 13.0. The van der Waals surface area contributed by atoms with E-state index in [1.807, 2.05) is 0 Å². The number of thiazole rings is 1. The second-order valence-electron chi connectivity index (χ2n) is 6.54. The zero-order valence-corrected chi connectivity index (χ0v) is 18.1. The molecule has 5 nitrogen and oxygen atoms in total. The van der Waals surface area contributed by atoms with E-state index in [0.29, 0.717) is 28.6 Å². The highest BCUT2D eigenvalue weighted by Gasteiger charge is 2.42. The van der Waals surface area contributed by atoms with E-state index in [1.54, 1.807) is 41.8 Å². The smallest absolute Gasteiger partial charge is 0.455 e. The minimum absolute atomic E-state index is 0.0825. The zero-order valence-electron chi connectivity index (χ0n) is 16.5. The molecule has 0 bridgehead atoms. The Kier molecular flexibility index (Phi) is 7.45. The van der Waals surface area contributed by atoms with Crippen LogP contribution in [0.1, 0.15) is 46.2 Å². The van der Waals surface area contributed by atoms with Crippen molar-refractivity contribution in [1.82, 2.24) is 4.98 Å². The third kappa shape index (κ3) is 5.92. The summed E-state index contributed by atoms with van der Waals surface area (Å²) in [5.41, 5.74) is 0.200. The molecular formula is C21H19F3N2O3S2. The van der Waals surface area contributed by atoms with Crippen LogP contribution in [-0.2, 0) is 0 Å². The summed E-state index contributed by atoms with van der Waals surface area (Å²) in [6, 6.07) is 9.62. The SMILES string of the molecule is CCCCCOc1ccc(C(=O)Nc2nc(-c3cccs3)c(C(=O)C(F)(F)F)s2)cc1. The number of Topliss-reactive ketones (excluding diaryl/α,β-unsaturated/α-hetero) is 1. The van der Waals surface area contributed by atoms with E-state index >= 15 is 0 Å². The fourth-order valence-electron chi connectivity index (χ4n) is 2.65. The third-order valence-electron chi connectivity index (χ3n) is 4.20. The van der Waals surface area contributed by atoms with Crippen LogP contribution in [0.15, 0.2) is 41.8 Å². The summed E-state index contributed by atoms with van der Waals surface area (Å²) in [4.78, 5) is 28.3. The molecule has 0 spiro atoms. The number of anilines is 1. The number of nitrogens with one attached hydrogen (secondary N) is 1. The Hall–Kier alpha value is -2.72. The number of halogens is 3. The molecule has 0 saturated carbocycles. The lowest BCUT2D eigenvalue weighted by Gasteiger charge is -2.07. The lowest BCUT2D eigenvalue weighted by atomic mass is 10.2. The van der Waals surface area contributed by atoms with Crippen LogP contribution in [0.25, 0.3) is 10.6 Å². The molecule has 0 aliphatic carbocycles. The number of ether oxygens (including phenoxy) is 1. The molecule has 0 fully saturated rings. The zero-order chi connectivity index (χ0) is 22.4. The topological polar surface area (TPSA) is 68.3 Å². The highest BCUT2D eigenvalue weighted by atomic mass is 32.1. The van der Waals surface area contributed by atoms with Crippen LogP contribution in [0.2, 0.25) is 0 Å². The first kappa shape index (κ1) is 23.0. The van der Waals surface area contributed by atoms with Crippen LogP contribution < -0.4 is 10.1 Å². The molecule has 0 aliphatic rings. The standard InChI is InChI=1S/C21H19F3N2O3S2/c1-2-3-4-11-29-14-9-7-13(8-10-14)19(28)26-20-25-16(15-6-5-12-30-15)17(31-20)18(27)21(22,23)24/h5-10,12H,2-4,11H2,1H3,(H,25,26,28). The van der Waals surface area contributed by atoms with Crippen molar-refractivity contribution in [2.45, 2.75) is 32.4 Å². The second-order valence-corrected chi connectivity index (χ2v) is 8.48. The number of carbonyl (C=O) groups excluding carboxylic acids is 2. The number of carbonyl (C=O) groups is 2. The maximum atomic E-state index is 13.0. The van der Waals surface area contributed by atoms with Gasteiger partial charge in [-0.2, -0.15) is 13.2 Å². The largest absolute Gasteiger partial charge is 0.494 e. The minimum atomic E-state index is -5.03. The van der Waals surface area contributed by atoms with Gasteiger partial charge in [0.15, 0.2) is 5.13 Å². The molecule has 1 N–H and O–H groups in total. The first-order chi connectivity index (χ1) is 14.8. The van der Waals surface area contributed by atoms with Crippen LogP contribution in [-0.4, -0.2) is 29.5 Å². The third-order valence-corrected chi connectivity index (χ3v) is 6.05. The number of thiophene rings is 1. The van der Waals surface area contributed by atoms with E-state index < -0.39 is 22.7 Å². The Morgan fingerprint density at radius 3 is 2.48 bits per heavy atom. The Bertz CT molecular complexity index is 1030. The quantitative estimate of drug-likeness (QED) is 0.290. The lowest BCUT2D eigenvalue weighted by Crippen LogP contribution is -2.22. The van der Waals surface area contributed by atoms with Gasteiger partial charge in [-0.05, 0) is 42.1 Å². The van der Waals surface area contributed by atoms with Crippen molar-refractivity contribution in [3.63, 3.8) is 0 Å². The summed E-state index contributed by atoms with van der Waals surface area (Å²) < 4.78 is 44.6. The van der Waals surface area contributed by atoms with Gasteiger partial charge in [0.1, 0.15) is 16.3 Å². The molecule has 0 radical (unpaired) electrons. The number of hydrogen-bond donors (Lipinski definition) is 1. The molecule has 0 atom stereocenters. The van der Waals surface area contributed by atoms with Crippen LogP contribution in [0.5, 0.6) is 5.75 Å². The molecule has 2 heterocycles. The number of hydrogen-bond acceptors (Lipinski definition) is 6. The van der Waals surface area contributed by atoms with E-state index in [0.717, 1.165) is 30.6 Å². The maximum Gasteiger partial charge on any atom is 0.455 e. The minimum Gasteiger partial charge on any atom is -0.494 e. The monoisotopic (exact) mass is 468 g/mol. The number of ketones is 1. The van der Waals surface area contributed by atoms with E-state index in [-0.39, 0.29) is 16.4 Å². The first-order valence-electron chi connectivity index (χ1n) is 9.50. The molecule has 3 aromatic rings. The number of benzene rings is 1. The predicted molar refractivity (Wildman–Crippen MR) is 115 cm³/mol. The Morgan fingerprint density at radius 2 is 1.87 bits per heavy atom.